The molecule has 1 atom stereocenters. The minimum absolute atomic E-state index is 0.0281. The first-order valence-corrected chi connectivity index (χ1v) is 5.36. The molecule has 1 aromatic heterocycles. The third-order valence-corrected chi connectivity index (χ3v) is 3.04. The molecule has 2 heterocycles. The Bertz CT molecular complexity index is 548. The van der Waals surface area contributed by atoms with Gasteiger partial charge in [-0.3, -0.25) is 0 Å². The van der Waals surface area contributed by atoms with E-state index in [1.165, 1.54) is 0 Å². The fraction of sp³-hybridized carbons (Fsp3) is 0.364. The second kappa shape index (κ2) is 3.90. The molecule has 6 heteroatoms. The van der Waals surface area contributed by atoms with E-state index in [9.17, 15) is 5.11 Å². The van der Waals surface area contributed by atoms with Crippen molar-refractivity contribution in [3.8, 4) is 11.4 Å². The molecular formula is C11H12N4O2. The lowest BCUT2D eigenvalue weighted by Crippen LogP contribution is -2.06. The van der Waals surface area contributed by atoms with E-state index >= 15 is 0 Å². The molecule has 0 saturated heterocycles. The van der Waals surface area contributed by atoms with Crippen LogP contribution in [0.2, 0.25) is 0 Å². The Morgan fingerprint density at radius 1 is 1.53 bits per heavy atom. The predicted octanol–water partition coefficient (Wildman–Crippen LogP) is 0.382. The Labute approximate surface area is 97.8 Å². The molecule has 0 radical (unpaired) electrons. The Hall–Kier alpha value is -1.79. The summed E-state index contributed by atoms with van der Waals surface area (Å²) in [4.78, 5) is 0. The standard InChI is InChI=1S/C11H12N4O2/c1-17-10(6-16)7-2-3-9-8(4-7)5-15-11(9)12-13-14-15/h2-4,10,16H,5-6H2,1H3/t10-/m0/s1. The number of nitrogens with zero attached hydrogens (tertiary/aromatic N) is 4. The van der Waals surface area contributed by atoms with Crippen LogP contribution in [0.3, 0.4) is 0 Å². The number of hydrogen-bond acceptors (Lipinski definition) is 5. The molecule has 1 aliphatic rings. The molecule has 3 rings (SSSR count). The first-order valence-electron chi connectivity index (χ1n) is 5.36. The number of aliphatic hydroxyl groups excluding tert-OH is 1. The molecule has 1 aliphatic heterocycles. The Morgan fingerprint density at radius 2 is 2.41 bits per heavy atom. The highest BCUT2D eigenvalue weighted by molar-refractivity contribution is 5.64. The minimum Gasteiger partial charge on any atom is -0.393 e. The number of methoxy groups -OCH3 is 1. The number of tetrazole rings is 1. The van der Waals surface area contributed by atoms with E-state index in [1.54, 1.807) is 11.8 Å². The second-order valence-electron chi connectivity index (χ2n) is 3.98. The molecule has 0 saturated carbocycles. The number of benzene rings is 1. The number of aliphatic hydroxyl groups is 1. The highest BCUT2D eigenvalue weighted by Gasteiger charge is 2.22. The number of fused-ring (bicyclic) bond motifs is 3. The van der Waals surface area contributed by atoms with Gasteiger partial charge in [-0.05, 0) is 21.6 Å². The predicted molar refractivity (Wildman–Crippen MR) is 59.2 cm³/mol. The summed E-state index contributed by atoms with van der Waals surface area (Å²) in [6.07, 6.45) is -0.278. The zero-order valence-electron chi connectivity index (χ0n) is 9.37. The van der Waals surface area contributed by atoms with Gasteiger partial charge in [-0.15, -0.1) is 5.10 Å². The monoisotopic (exact) mass is 232 g/mol. The zero-order valence-corrected chi connectivity index (χ0v) is 9.37. The van der Waals surface area contributed by atoms with Crippen LogP contribution >= 0.6 is 0 Å². The maximum atomic E-state index is 9.20. The van der Waals surface area contributed by atoms with Gasteiger partial charge in [0.15, 0.2) is 5.82 Å². The molecule has 0 fully saturated rings. The van der Waals surface area contributed by atoms with E-state index in [0.717, 1.165) is 22.5 Å². The van der Waals surface area contributed by atoms with Crippen molar-refractivity contribution in [2.75, 3.05) is 13.7 Å². The van der Waals surface area contributed by atoms with E-state index in [1.807, 2.05) is 18.2 Å². The molecule has 0 aliphatic carbocycles. The Kier molecular flexibility index (Phi) is 2.38. The van der Waals surface area contributed by atoms with E-state index in [2.05, 4.69) is 15.5 Å². The summed E-state index contributed by atoms with van der Waals surface area (Å²) in [6, 6.07) is 5.94. The number of aromatic nitrogens is 4. The summed E-state index contributed by atoms with van der Waals surface area (Å²) in [5, 5.41) is 20.7. The van der Waals surface area contributed by atoms with Gasteiger partial charge >= 0.3 is 0 Å². The topological polar surface area (TPSA) is 73.1 Å². The first-order chi connectivity index (χ1) is 8.33. The van der Waals surface area contributed by atoms with Gasteiger partial charge in [0.1, 0.15) is 6.10 Å². The van der Waals surface area contributed by atoms with Crippen molar-refractivity contribution in [3.05, 3.63) is 29.3 Å². The smallest absolute Gasteiger partial charge is 0.182 e. The molecule has 1 aromatic carbocycles. The first kappa shape index (κ1) is 10.4. The van der Waals surface area contributed by atoms with E-state index in [-0.39, 0.29) is 12.7 Å². The number of ether oxygens (including phenoxy) is 1. The van der Waals surface area contributed by atoms with Crippen LogP contribution in [0.15, 0.2) is 18.2 Å². The van der Waals surface area contributed by atoms with Gasteiger partial charge in [0.2, 0.25) is 0 Å². The van der Waals surface area contributed by atoms with Gasteiger partial charge in [0, 0.05) is 12.7 Å². The quantitative estimate of drug-likeness (QED) is 0.706. The van der Waals surface area contributed by atoms with Crippen LogP contribution in [0.25, 0.3) is 11.4 Å². The van der Waals surface area contributed by atoms with Crippen LogP contribution in [0.5, 0.6) is 0 Å². The van der Waals surface area contributed by atoms with Crippen LogP contribution < -0.4 is 0 Å². The molecule has 2 aromatic rings. The highest BCUT2D eigenvalue weighted by atomic mass is 16.5. The lowest BCUT2D eigenvalue weighted by Gasteiger charge is -2.13. The maximum Gasteiger partial charge on any atom is 0.182 e. The normalized spacial score (nSPS) is 14.5. The van der Waals surface area contributed by atoms with Crippen molar-refractivity contribution in [1.29, 1.82) is 0 Å². The third kappa shape index (κ3) is 1.53. The van der Waals surface area contributed by atoms with Crippen LogP contribution in [0.1, 0.15) is 17.2 Å². The molecule has 6 nitrogen and oxygen atoms in total. The second-order valence-corrected chi connectivity index (χ2v) is 3.98. The SMILES string of the molecule is CO[C@@H](CO)c1ccc2c(c1)Cn1nnnc1-2. The van der Waals surface area contributed by atoms with Crippen molar-refractivity contribution in [3.63, 3.8) is 0 Å². The van der Waals surface area contributed by atoms with E-state index in [4.69, 9.17) is 4.74 Å². The number of hydrogen-bond donors (Lipinski definition) is 1. The fourth-order valence-corrected chi connectivity index (χ4v) is 2.14. The minimum atomic E-state index is -0.278. The largest absolute Gasteiger partial charge is 0.393 e. The summed E-state index contributed by atoms with van der Waals surface area (Å²) in [5.41, 5.74) is 3.15. The third-order valence-electron chi connectivity index (χ3n) is 3.04. The molecule has 0 unspecified atom stereocenters. The molecule has 0 spiro atoms. The van der Waals surface area contributed by atoms with Crippen LogP contribution in [-0.4, -0.2) is 39.0 Å². The Morgan fingerprint density at radius 3 is 3.18 bits per heavy atom. The molecule has 88 valence electrons. The molecule has 1 N–H and O–H groups in total. The fourth-order valence-electron chi connectivity index (χ4n) is 2.14. The lowest BCUT2D eigenvalue weighted by atomic mass is 10.0. The summed E-state index contributed by atoms with van der Waals surface area (Å²) in [5.74, 6) is 0.796. The van der Waals surface area contributed by atoms with Crippen molar-refractivity contribution < 1.29 is 9.84 Å². The van der Waals surface area contributed by atoms with E-state index < -0.39 is 0 Å². The van der Waals surface area contributed by atoms with Crippen LogP contribution in [0, 0.1) is 0 Å². The van der Waals surface area contributed by atoms with Crippen molar-refractivity contribution in [2.24, 2.45) is 0 Å². The lowest BCUT2D eigenvalue weighted by molar-refractivity contribution is 0.0484. The summed E-state index contributed by atoms with van der Waals surface area (Å²) < 4.78 is 6.96. The maximum absolute atomic E-state index is 9.20. The van der Waals surface area contributed by atoms with Gasteiger partial charge < -0.3 is 9.84 Å². The van der Waals surface area contributed by atoms with Crippen molar-refractivity contribution >= 4 is 0 Å². The molecule has 0 amide bonds. The van der Waals surface area contributed by atoms with Gasteiger partial charge in [-0.2, -0.15) is 0 Å². The zero-order chi connectivity index (χ0) is 11.8. The van der Waals surface area contributed by atoms with Crippen LogP contribution in [0.4, 0.5) is 0 Å². The van der Waals surface area contributed by atoms with Gasteiger partial charge in [-0.25, -0.2) is 4.68 Å². The number of rotatable bonds is 3. The Balaban J connectivity index is 2.01. The van der Waals surface area contributed by atoms with E-state index in [0.29, 0.717) is 6.54 Å². The summed E-state index contributed by atoms with van der Waals surface area (Å²) >= 11 is 0. The van der Waals surface area contributed by atoms with Crippen LogP contribution in [-0.2, 0) is 11.3 Å². The van der Waals surface area contributed by atoms with Gasteiger partial charge in [0.05, 0.1) is 13.2 Å². The average molecular weight is 232 g/mol. The van der Waals surface area contributed by atoms with Gasteiger partial charge in [-0.1, -0.05) is 18.2 Å². The molecule has 0 bridgehead atoms. The summed E-state index contributed by atoms with van der Waals surface area (Å²) in [6.45, 7) is 0.646. The molecular weight excluding hydrogens is 220 g/mol. The average Bonchev–Trinajstić information content (AvgIpc) is 2.90. The highest BCUT2D eigenvalue weighted by Crippen LogP contribution is 2.31. The van der Waals surface area contributed by atoms with Gasteiger partial charge in [0.25, 0.3) is 0 Å². The van der Waals surface area contributed by atoms with Crippen molar-refractivity contribution in [1.82, 2.24) is 20.2 Å². The summed E-state index contributed by atoms with van der Waals surface area (Å²) in [7, 11) is 1.59. The van der Waals surface area contributed by atoms with Crippen molar-refractivity contribution in [2.45, 2.75) is 12.6 Å². The molecule has 17 heavy (non-hydrogen) atoms.